The molecule has 0 saturated heterocycles. The molecule has 4 nitrogen and oxygen atoms in total. The van der Waals surface area contributed by atoms with E-state index in [-0.39, 0.29) is 12.8 Å². The highest BCUT2D eigenvalue weighted by Gasteiger charge is 2.09. The van der Waals surface area contributed by atoms with Crippen LogP contribution in [0, 0.1) is 0 Å². The van der Waals surface area contributed by atoms with Gasteiger partial charge in [0.1, 0.15) is 6.10 Å². The summed E-state index contributed by atoms with van der Waals surface area (Å²) in [6.07, 6.45) is 29.1. The Labute approximate surface area is 169 Å². The molecule has 0 radical (unpaired) electrons. The number of allylic oxidation sites excluding steroid dienone is 11. The van der Waals surface area contributed by atoms with E-state index in [1.165, 1.54) is 6.92 Å². The SMILES string of the molecule is CC/C=C\C/C=C\C/C=C\C/C=C\C/C=C\C=C\C(CCC(=O)O)OC(C)=O. The first kappa shape index (κ1) is 25.4. The van der Waals surface area contributed by atoms with Crippen LogP contribution >= 0.6 is 0 Å². The van der Waals surface area contributed by atoms with Crippen LogP contribution in [0.25, 0.3) is 0 Å². The molecule has 0 spiro atoms. The molecule has 0 aliphatic rings. The van der Waals surface area contributed by atoms with E-state index >= 15 is 0 Å². The lowest BCUT2D eigenvalue weighted by molar-refractivity contribution is -0.146. The molecule has 4 heteroatoms. The maximum atomic E-state index is 11.0. The maximum absolute atomic E-state index is 11.0. The van der Waals surface area contributed by atoms with Crippen molar-refractivity contribution in [3.8, 4) is 0 Å². The molecule has 1 N–H and O–H groups in total. The minimum absolute atomic E-state index is 0.0338. The van der Waals surface area contributed by atoms with Crippen LogP contribution in [0.5, 0.6) is 0 Å². The summed E-state index contributed by atoms with van der Waals surface area (Å²) in [7, 11) is 0. The third-order valence-corrected chi connectivity index (χ3v) is 3.52. The highest BCUT2D eigenvalue weighted by Crippen LogP contribution is 2.05. The van der Waals surface area contributed by atoms with E-state index < -0.39 is 18.0 Å². The molecule has 0 rings (SSSR count). The molecular formula is C24H34O4. The minimum atomic E-state index is -0.902. The molecule has 0 aromatic heterocycles. The number of rotatable bonds is 15. The normalized spacial score (nSPS) is 13.8. The van der Waals surface area contributed by atoms with E-state index in [0.717, 1.165) is 32.1 Å². The zero-order valence-electron chi connectivity index (χ0n) is 17.1. The van der Waals surface area contributed by atoms with Crippen LogP contribution < -0.4 is 0 Å². The van der Waals surface area contributed by atoms with Crippen molar-refractivity contribution in [1.29, 1.82) is 0 Å². The van der Waals surface area contributed by atoms with Gasteiger partial charge in [-0.25, -0.2) is 0 Å². The standard InChI is InChI=1S/C24H34O4/c1-3-4-5-6-7-8-9-10-11-12-13-14-15-16-17-18-19-23(28-22(2)25)20-21-24(26)27/h4-5,7-8,10-11,13-14,16-19,23H,3,6,9,12,15,20-21H2,1-2H3,(H,26,27)/b5-4-,8-7-,11-10-,14-13-,17-16-,19-18+. The van der Waals surface area contributed by atoms with Crippen LogP contribution in [-0.2, 0) is 14.3 Å². The number of ether oxygens (including phenoxy) is 1. The second-order valence-electron chi connectivity index (χ2n) is 6.13. The predicted octanol–water partition coefficient (Wildman–Crippen LogP) is 6.09. The van der Waals surface area contributed by atoms with E-state index in [4.69, 9.17) is 9.84 Å². The van der Waals surface area contributed by atoms with Crippen LogP contribution in [-0.4, -0.2) is 23.1 Å². The van der Waals surface area contributed by atoms with Gasteiger partial charge in [-0.1, -0.05) is 73.8 Å². The summed E-state index contributed by atoms with van der Waals surface area (Å²) < 4.78 is 5.07. The molecule has 0 aromatic rings. The van der Waals surface area contributed by atoms with Gasteiger partial charge in [-0.3, -0.25) is 9.59 Å². The van der Waals surface area contributed by atoms with Crippen molar-refractivity contribution in [1.82, 2.24) is 0 Å². The molecule has 1 atom stereocenters. The smallest absolute Gasteiger partial charge is 0.303 e. The molecule has 154 valence electrons. The highest BCUT2D eigenvalue weighted by molar-refractivity contribution is 5.67. The number of hydrogen-bond donors (Lipinski definition) is 1. The summed E-state index contributed by atoms with van der Waals surface area (Å²) >= 11 is 0. The van der Waals surface area contributed by atoms with Crippen molar-refractivity contribution < 1.29 is 19.4 Å². The molecule has 1 unspecified atom stereocenters. The van der Waals surface area contributed by atoms with Gasteiger partial charge in [0.2, 0.25) is 0 Å². The van der Waals surface area contributed by atoms with Crippen molar-refractivity contribution >= 4 is 11.9 Å². The summed E-state index contributed by atoms with van der Waals surface area (Å²) in [4.78, 5) is 21.6. The van der Waals surface area contributed by atoms with E-state index in [0.29, 0.717) is 0 Å². The Balaban J connectivity index is 3.97. The van der Waals surface area contributed by atoms with Gasteiger partial charge in [0.05, 0.1) is 0 Å². The number of carboxylic acids is 1. The number of carbonyl (C=O) groups excluding carboxylic acids is 1. The van der Waals surface area contributed by atoms with E-state index in [1.54, 1.807) is 12.2 Å². The first-order valence-corrected chi connectivity index (χ1v) is 9.88. The Morgan fingerprint density at radius 3 is 1.79 bits per heavy atom. The Morgan fingerprint density at radius 2 is 1.32 bits per heavy atom. The van der Waals surface area contributed by atoms with Gasteiger partial charge in [0.25, 0.3) is 0 Å². The molecule has 0 aromatic carbocycles. The number of carbonyl (C=O) groups is 2. The lowest BCUT2D eigenvalue weighted by Crippen LogP contribution is -2.15. The fourth-order valence-corrected chi connectivity index (χ4v) is 2.17. The molecular weight excluding hydrogens is 352 g/mol. The average Bonchev–Trinajstić information content (AvgIpc) is 2.65. The van der Waals surface area contributed by atoms with Gasteiger partial charge in [0.15, 0.2) is 0 Å². The zero-order chi connectivity index (χ0) is 20.9. The first-order chi connectivity index (χ1) is 13.6. The van der Waals surface area contributed by atoms with Crippen LogP contribution in [0.4, 0.5) is 0 Å². The molecule has 0 aliphatic heterocycles. The van der Waals surface area contributed by atoms with E-state index in [9.17, 15) is 9.59 Å². The lowest BCUT2D eigenvalue weighted by atomic mass is 10.2. The number of aliphatic carboxylic acids is 1. The maximum Gasteiger partial charge on any atom is 0.303 e. The molecule has 0 bridgehead atoms. The van der Waals surface area contributed by atoms with Crippen LogP contribution in [0.2, 0.25) is 0 Å². The molecule has 0 fully saturated rings. The van der Waals surface area contributed by atoms with Crippen LogP contribution in [0.15, 0.2) is 72.9 Å². The number of esters is 1. The quantitative estimate of drug-likeness (QED) is 0.210. The van der Waals surface area contributed by atoms with Gasteiger partial charge < -0.3 is 9.84 Å². The molecule has 0 amide bonds. The van der Waals surface area contributed by atoms with Gasteiger partial charge >= 0.3 is 11.9 Å². The third-order valence-electron chi connectivity index (χ3n) is 3.52. The van der Waals surface area contributed by atoms with E-state index in [1.807, 2.05) is 12.2 Å². The predicted molar refractivity (Wildman–Crippen MR) is 116 cm³/mol. The first-order valence-electron chi connectivity index (χ1n) is 9.88. The summed E-state index contributed by atoms with van der Waals surface area (Å²) in [5, 5.41) is 8.71. The van der Waals surface area contributed by atoms with E-state index in [2.05, 4.69) is 55.5 Å². The highest BCUT2D eigenvalue weighted by atomic mass is 16.5. The molecule has 0 saturated carbocycles. The third kappa shape index (κ3) is 19.7. The molecule has 0 aliphatic carbocycles. The van der Waals surface area contributed by atoms with Gasteiger partial charge in [-0.15, -0.1) is 0 Å². The lowest BCUT2D eigenvalue weighted by Gasteiger charge is -2.11. The topological polar surface area (TPSA) is 63.6 Å². The summed E-state index contributed by atoms with van der Waals surface area (Å²) in [6, 6.07) is 0. The number of hydrogen-bond acceptors (Lipinski definition) is 3. The van der Waals surface area contributed by atoms with Gasteiger partial charge in [-0.05, 0) is 44.6 Å². The summed E-state index contributed by atoms with van der Waals surface area (Å²) in [5.74, 6) is -1.32. The second kappa shape index (κ2) is 19.2. The average molecular weight is 387 g/mol. The van der Waals surface area contributed by atoms with Crippen molar-refractivity contribution in [3.05, 3.63) is 72.9 Å². The summed E-state index contributed by atoms with van der Waals surface area (Å²) in [5.41, 5.74) is 0. The Morgan fingerprint density at radius 1 is 0.821 bits per heavy atom. The second-order valence-corrected chi connectivity index (χ2v) is 6.13. The molecule has 28 heavy (non-hydrogen) atoms. The fourth-order valence-electron chi connectivity index (χ4n) is 2.17. The van der Waals surface area contributed by atoms with Crippen molar-refractivity contribution in [2.24, 2.45) is 0 Å². The largest absolute Gasteiger partial charge is 0.481 e. The minimum Gasteiger partial charge on any atom is -0.481 e. The monoisotopic (exact) mass is 386 g/mol. The molecule has 0 heterocycles. The Hall–Kier alpha value is -2.62. The van der Waals surface area contributed by atoms with Crippen molar-refractivity contribution in [2.45, 2.75) is 64.9 Å². The zero-order valence-corrected chi connectivity index (χ0v) is 17.1. The van der Waals surface area contributed by atoms with Gasteiger partial charge in [-0.2, -0.15) is 0 Å². The fraction of sp³-hybridized carbons (Fsp3) is 0.417. The Kier molecular flexibility index (Phi) is 17.4. The van der Waals surface area contributed by atoms with Crippen molar-refractivity contribution in [3.63, 3.8) is 0 Å². The summed E-state index contributed by atoms with van der Waals surface area (Å²) in [6.45, 7) is 3.45. The van der Waals surface area contributed by atoms with Crippen LogP contribution in [0.3, 0.4) is 0 Å². The number of carboxylic acid groups (broad SMARTS) is 1. The van der Waals surface area contributed by atoms with Crippen molar-refractivity contribution in [2.75, 3.05) is 0 Å². The van der Waals surface area contributed by atoms with Gasteiger partial charge in [0, 0.05) is 13.3 Å². The Bertz CT molecular complexity index is 592. The van der Waals surface area contributed by atoms with Crippen LogP contribution in [0.1, 0.15) is 58.8 Å².